The predicted octanol–water partition coefficient (Wildman–Crippen LogP) is 4.17. The molecule has 1 fully saturated rings. The van der Waals surface area contributed by atoms with Crippen LogP contribution in [0.1, 0.15) is 29.9 Å². The summed E-state index contributed by atoms with van der Waals surface area (Å²) >= 11 is 0. The van der Waals surface area contributed by atoms with Crippen LogP contribution in [0.3, 0.4) is 0 Å². The van der Waals surface area contributed by atoms with Crippen LogP contribution in [0.5, 0.6) is 0 Å². The van der Waals surface area contributed by atoms with E-state index >= 15 is 0 Å². The number of hydrogen-bond donors (Lipinski definition) is 0. The SMILES string of the molecule is CN(CC1(C#N)CC1)C(=O)OCC1c2ccccc2-c2ccccc21. The first kappa shape index (κ1) is 15.7. The first-order valence-corrected chi connectivity index (χ1v) is 8.61. The molecule has 126 valence electrons. The maximum Gasteiger partial charge on any atom is 0.409 e. The number of carbonyl (C=O) groups excluding carboxylic acids is 1. The zero-order valence-corrected chi connectivity index (χ0v) is 14.2. The highest BCUT2D eigenvalue weighted by Crippen LogP contribution is 2.46. The minimum Gasteiger partial charge on any atom is -0.448 e. The van der Waals surface area contributed by atoms with Gasteiger partial charge in [-0.3, -0.25) is 0 Å². The number of rotatable bonds is 4. The Bertz CT molecular complexity index is 819. The molecular weight excluding hydrogens is 312 g/mol. The van der Waals surface area contributed by atoms with E-state index in [9.17, 15) is 10.1 Å². The number of nitriles is 1. The fourth-order valence-corrected chi connectivity index (χ4v) is 3.68. The van der Waals surface area contributed by atoms with Crippen molar-refractivity contribution in [2.45, 2.75) is 18.8 Å². The van der Waals surface area contributed by atoms with Gasteiger partial charge in [0.25, 0.3) is 0 Å². The van der Waals surface area contributed by atoms with Crippen molar-refractivity contribution >= 4 is 6.09 Å². The summed E-state index contributed by atoms with van der Waals surface area (Å²) in [5, 5.41) is 9.18. The number of hydrogen-bond acceptors (Lipinski definition) is 3. The van der Waals surface area contributed by atoms with Gasteiger partial charge in [-0.2, -0.15) is 5.26 Å². The Hall–Kier alpha value is -2.80. The normalized spacial score (nSPS) is 16.5. The van der Waals surface area contributed by atoms with Crippen LogP contribution in [-0.2, 0) is 4.74 Å². The Kier molecular flexibility index (Phi) is 3.73. The van der Waals surface area contributed by atoms with Crippen molar-refractivity contribution in [2.24, 2.45) is 5.41 Å². The van der Waals surface area contributed by atoms with Crippen LogP contribution in [0.25, 0.3) is 11.1 Å². The summed E-state index contributed by atoms with van der Waals surface area (Å²) in [6.45, 7) is 0.761. The standard InChI is InChI=1S/C21H20N2O2/c1-23(14-21(13-22)10-11-21)20(24)25-12-19-17-8-4-2-6-15(17)16-7-3-5-9-18(16)19/h2-9,19H,10-12,14H2,1H3. The average molecular weight is 332 g/mol. The highest BCUT2D eigenvalue weighted by molar-refractivity contribution is 5.79. The third-order valence-corrected chi connectivity index (χ3v) is 5.28. The molecular formula is C21H20N2O2. The molecule has 1 amide bonds. The number of nitrogens with zero attached hydrogens (tertiary/aromatic N) is 2. The van der Waals surface area contributed by atoms with Gasteiger partial charge in [0.05, 0.1) is 11.5 Å². The second-order valence-corrected chi connectivity index (χ2v) is 7.05. The zero-order chi connectivity index (χ0) is 17.4. The van der Waals surface area contributed by atoms with Crippen LogP contribution in [0.2, 0.25) is 0 Å². The molecule has 0 saturated heterocycles. The Labute approximate surface area is 147 Å². The van der Waals surface area contributed by atoms with E-state index in [0.29, 0.717) is 13.2 Å². The van der Waals surface area contributed by atoms with Crippen molar-refractivity contribution in [2.75, 3.05) is 20.2 Å². The first-order chi connectivity index (χ1) is 12.1. The average Bonchev–Trinajstić information content (AvgIpc) is 3.35. The van der Waals surface area contributed by atoms with E-state index in [1.54, 1.807) is 7.05 Å². The summed E-state index contributed by atoms with van der Waals surface area (Å²) < 4.78 is 5.60. The number of amides is 1. The monoisotopic (exact) mass is 332 g/mol. The fourth-order valence-electron chi connectivity index (χ4n) is 3.68. The van der Waals surface area contributed by atoms with Gasteiger partial charge in [-0.25, -0.2) is 4.79 Å². The second kappa shape index (κ2) is 5.93. The van der Waals surface area contributed by atoms with E-state index in [-0.39, 0.29) is 17.4 Å². The van der Waals surface area contributed by atoms with Crippen LogP contribution in [0, 0.1) is 16.7 Å². The molecule has 0 unspecified atom stereocenters. The number of fused-ring (bicyclic) bond motifs is 3. The second-order valence-electron chi connectivity index (χ2n) is 7.05. The van der Waals surface area contributed by atoms with Gasteiger partial charge in [-0.05, 0) is 35.1 Å². The number of ether oxygens (including phenoxy) is 1. The third kappa shape index (κ3) is 2.76. The summed E-state index contributed by atoms with van der Waals surface area (Å²) in [5.74, 6) is 0.0654. The molecule has 0 atom stereocenters. The maximum absolute atomic E-state index is 12.3. The lowest BCUT2D eigenvalue weighted by atomic mass is 9.98. The van der Waals surface area contributed by atoms with E-state index < -0.39 is 0 Å². The lowest BCUT2D eigenvalue weighted by Crippen LogP contribution is -2.33. The van der Waals surface area contributed by atoms with Gasteiger partial charge in [0.1, 0.15) is 6.61 Å². The van der Waals surface area contributed by atoms with Crippen LogP contribution < -0.4 is 0 Å². The van der Waals surface area contributed by atoms with E-state index in [0.717, 1.165) is 12.8 Å². The Balaban J connectivity index is 1.48. The molecule has 0 spiro atoms. The quantitative estimate of drug-likeness (QED) is 0.844. The van der Waals surface area contributed by atoms with Crippen molar-refractivity contribution in [3.05, 3.63) is 59.7 Å². The van der Waals surface area contributed by atoms with Gasteiger partial charge < -0.3 is 9.64 Å². The molecule has 2 aromatic carbocycles. The van der Waals surface area contributed by atoms with E-state index in [1.165, 1.54) is 27.2 Å². The summed E-state index contributed by atoms with van der Waals surface area (Å²) in [4.78, 5) is 13.9. The molecule has 0 aliphatic heterocycles. The van der Waals surface area contributed by atoms with Gasteiger partial charge >= 0.3 is 6.09 Å². The van der Waals surface area contributed by atoms with Gasteiger partial charge in [0.15, 0.2) is 0 Å². The Morgan fingerprint density at radius 3 is 2.24 bits per heavy atom. The molecule has 2 aromatic rings. The van der Waals surface area contributed by atoms with Gasteiger partial charge in [-0.1, -0.05) is 48.5 Å². The number of benzene rings is 2. The Morgan fingerprint density at radius 2 is 1.72 bits per heavy atom. The molecule has 0 bridgehead atoms. The minimum absolute atomic E-state index is 0.0654. The molecule has 4 heteroatoms. The molecule has 0 heterocycles. The largest absolute Gasteiger partial charge is 0.448 e. The molecule has 2 aliphatic rings. The van der Waals surface area contributed by atoms with E-state index in [1.807, 2.05) is 24.3 Å². The molecule has 0 aromatic heterocycles. The molecule has 4 nitrogen and oxygen atoms in total. The van der Waals surface area contributed by atoms with Crippen LogP contribution in [-0.4, -0.2) is 31.2 Å². The molecule has 4 rings (SSSR count). The van der Waals surface area contributed by atoms with Crippen molar-refractivity contribution in [3.63, 3.8) is 0 Å². The topological polar surface area (TPSA) is 53.3 Å². The van der Waals surface area contributed by atoms with Crippen LogP contribution in [0.15, 0.2) is 48.5 Å². The highest BCUT2D eigenvalue weighted by Gasteiger charge is 2.45. The molecule has 0 radical (unpaired) electrons. The number of carbonyl (C=O) groups is 1. The molecule has 0 N–H and O–H groups in total. The Morgan fingerprint density at radius 1 is 1.16 bits per heavy atom. The van der Waals surface area contributed by atoms with Crippen molar-refractivity contribution in [3.8, 4) is 17.2 Å². The van der Waals surface area contributed by atoms with Crippen molar-refractivity contribution < 1.29 is 9.53 Å². The summed E-state index contributed by atoms with van der Waals surface area (Å²) in [6, 6.07) is 18.9. The molecule has 2 aliphatic carbocycles. The summed E-state index contributed by atoms with van der Waals surface area (Å²) in [7, 11) is 1.70. The molecule has 25 heavy (non-hydrogen) atoms. The zero-order valence-electron chi connectivity index (χ0n) is 14.2. The highest BCUT2D eigenvalue weighted by atomic mass is 16.6. The fraction of sp³-hybridized carbons (Fsp3) is 0.333. The van der Waals surface area contributed by atoms with Gasteiger partial charge in [0.2, 0.25) is 0 Å². The summed E-state index contributed by atoms with van der Waals surface area (Å²) in [5.41, 5.74) is 4.49. The van der Waals surface area contributed by atoms with Crippen molar-refractivity contribution in [1.29, 1.82) is 5.26 Å². The minimum atomic E-state index is -0.358. The third-order valence-electron chi connectivity index (χ3n) is 5.28. The first-order valence-electron chi connectivity index (χ1n) is 8.61. The maximum atomic E-state index is 12.3. The lowest BCUT2D eigenvalue weighted by molar-refractivity contribution is 0.104. The smallest absolute Gasteiger partial charge is 0.409 e. The van der Waals surface area contributed by atoms with E-state index in [2.05, 4.69) is 30.3 Å². The van der Waals surface area contributed by atoms with E-state index in [4.69, 9.17) is 4.74 Å². The summed E-state index contributed by atoms with van der Waals surface area (Å²) in [6.07, 6.45) is 1.37. The predicted molar refractivity (Wildman–Crippen MR) is 95.0 cm³/mol. The van der Waals surface area contributed by atoms with Crippen LogP contribution >= 0.6 is 0 Å². The van der Waals surface area contributed by atoms with Crippen molar-refractivity contribution in [1.82, 2.24) is 4.90 Å². The molecule has 1 saturated carbocycles. The van der Waals surface area contributed by atoms with Crippen LogP contribution in [0.4, 0.5) is 4.79 Å². The van der Waals surface area contributed by atoms with Gasteiger partial charge in [0, 0.05) is 19.5 Å². The van der Waals surface area contributed by atoms with Gasteiger partial charge in [-0.15, -0.1) is 0 Å². The lowest BCUT2D eigenvalue weighted by Gasteiger charge is -2.21.